The van der Waals surface area contributed by atoms with Crippen molar-refractivity contribution in [2.45, 2.75) is 71.0 Å². The van der Waals surface area contributed by atoms with E-state index >= 15 is 0 Å². The minimum atomic E-state index is -3.84. The number of primary sulfonamides is 1. The second kappa shape index (κ2) is 12.2. The van der Waals surface area contributed by atoms with Gasteiger partial charge in [-0.05, 0) is 104 Å². The Balaban J connectivity index is 1.52. The fraction of sp³-hybridized carbons (Fsp3) is 0.406. The Hall–Kier alpha value is -3.40. The summed E-state index contributed by atoms with van der Waals surface area (Å²) < 4.78 is 35.5. The van der Waals surface area contributed by atoms with Crippen molar-refractivity contribution >= 4 is 16.0 Å². The summed E-state index contributed by atoms with van der Waals surface area (Å²) in [6.07, 6.45) is 1.76. The molecule has 0 saturated heterocycles. The Morgan fingerprint density at radius 1 is 1.07 bits per heavy atom. The number of aliphatic carboxylic acids is 1. The average molecular weight is 582 g/mol. The van der Waals surface area contributed by atoms with Crippen LogP contribution in [0.2, 0.25) is 0 Å². The maximum atomic E-state index is 11.6. The third kappa shape index (κ3) is 8.09. The van der Waals surface area contributed by atoms with Gasteiger partial charge in [0.15, 0.2) is 0 Å². The number of aryl methyl sites for hydroxylation is 2. The van der Waals surface area contributed by atoms with E-state index in [4.69, 9.17) is 14.6 Å². The zero-order valence-electron chi connectivity index (χ0n) is 24.0. The molecule has 8 nitrogen and oxygen atoms in total. The van der Waals surface area contributed by atoms with Crippen LogP contribution in [0.3, 0.4) is 0 Å². The normalized spacial score (nSPS) is 15.8. The van der Waals surface area contributed by atoms with Gasteiger partial charge >= 0.3 is 5.97 Å². The molecule has 2 atom stereocenters. The zero-order chi connectivity index (χ0) is 29.9. The number of fused-ring (bicyclic) bond motifs is 1. The van der Waals surface area contributed by atoms with Crippen molar-refractivity contribution in [3.63, 3.8) is 0 Å². The van der Waals surface area contributed by atoms with E-state index < -0.39 is 33.3 Å². The highest BCUT2D eigenvalue weighted by Gasteiger charge is 2.28. The van der Waals surface area contributed by atoms with Crippen LogP contribution in [0.5, 0.6) is 11.5 Å². The number of benzene rings is 3. The van der Waals surface area contributed by atoms with Crippen molar-refractivity contribution in [3.8, 4) is 22.6 Å². The Bertz CT molecular complexity index is 1480. The maximum absolute atomic E-state index is 11.6. The molecule has 0 saturated carbocycles. The molecule has 1 aliphatic rings. The summed E-state index contributed by atoms with van der Waals surface area (Å²) in [4.78, 5) is 11.3. The minimum Gasteiger partial charge on any atom is -0.493 e. The van der Waals surface area contributed by atoms with E-state index in [0.717, 1.165) is 35.3 Å². The first-order chi connectivity index (χ1) is 19.2. The molecule has 0 heterocycles. The van der Waals surface area contributed by atoms with Gasteiger partial charge < -0.3 is 19.7 Å². The second-order valence-corrected chi connectivity index (χ2v) is 13.2. The van der Waals surface area contributed by atoms with Crippen molar-refractivity contribution < 1.29 is 32.9 Å². The predicted octanol–water partition coefficient (Wildman–Crippen LogP) is 5.42. The summed E-state index contributed by atoms with van der Waals surface area (Å²) in [5.41, 5.74) is 6.80. The van der Waals surface area contributed by atoms with Crippen LogP contribution in [0.4, 0.5) is 0 Å². The Labute approximate surface area is 242 Å². The molecule has 9 heteroatoms. The molecule has 0 spiro atoms. The van der Waals surface area contributed by atoms with Gasteiger partial charge in [0.25, 0.3) is 0 Å². The number of sulfonamides is 1. The van der Waals surface area contributed by atoms with E-state index in [-0.39, 0.29) is 12.5 Å². The van der Waals surface area contributed by atoms with Crippen molar-refractivity contribution in [3.05, 3.63) is 82.4 Å². The molecule has 1 unspecified atom stereocenters. The highest BCUT2D eigenvalue weighted by Crippen LogP contribution is 2.42. The lowest BCUT2D eigenvalue weighted by Gasteiger charge is -2.20. The van der Waals surface area contributed by atoms with E-state index in [1.165, 1.54) is 16.7 Å². The molecule has 0 fully saturated rings. The first-order valence-electron chi connectivity index (χ1n) is 13.8. The monoisotopic (exact) mass is 581 g/mol. The minimum absolute atomic E-state index is 0.139. The third-order valence-corrected chi connectivity index (χ3v) is 8.33. The zero-order valence-corrected chi connectivity index (χ0v) is 24.8. The van der Waals surface area contributed by atoms with Crippen LogP contribution in [-0.4, -0.2) is 42.6 Å². The molecule has 0 radical (unpaired) electrons. The van der Waals surface area contributed by atoms with E-state index in [9.17, 15) is 23.4 Å². The van der Waals surface area contributed by atoms with Crippen molar-refractivity contribution in [1.82, 2.24) is 0 Å². The van der Waals surface area contributed by atoms with Gasteiger partial charge in [0.05, 0.1) is 24.4 Å². The topological polar surface area (TPSA) is 136 Å². The average Bonchev–Trinajstić information content (AvgIpc) is 3.25. The lowest BCUT2D eigenvalue weighted by molar-refractivity contribution is -0.137. The van der Waals surface area contributed by atoms with E-state index in [2.05, 4.69) is 32.0 Å². The highest BCUT2D eigenvalue weighted by molar-refractivity contribution is 7.89. The molecule has 4 N–H and O–H groups in total. The number of rotatable bonds is 12. The molecule has 4 rings (SSSR count). The number of carboxylic acid groups (broad SMARTS) is 1. The van der Waals surface area contributed by atoms with Gasteiger partial charge in [0.1, 0.15) is 17.6 Å². The fourth-order valence-electron chi connectivity index (χ4n) is 5.57. The van der Waals surface area contributed by atoms with Gasteiger partial charge in [-0.2, -0.15) is 0 Å². The van der Waals surface area contributed by atoms with Crippen LogP contribution in [-0.2, 0) is 21.2 Å². The standard InChI is InChI=1S/C32H39NO7S/c1-20-16-25(39-15-14-32(3,4)36)17-21(2)31(20)28-7-5-6-27-26(28)12-13-29(27)40-24-10-8-22(9-11-24)23(18-30(34)35)19-41(33,37)38/h5-11,16-17,23,29,36H,12-15,18-19H2,1-4H3,(H,34,35)(H2,33,37,38)/t23?,29-/m1/s1. The van der Waals surface area contributed by atoms with Crippen LogP contribution in [0.25, 0.3) is 11.1 Å². The van der Waals surface area contributed by atoms with E-state index in [1.807, 2.05) is 12.1 Å². The lowest BCUT2D eigenvalue weighted by atomic mass is 9.90. The molecular formula is C32H39NO7S. The van der Waals surface area contributed by atoms with Gasteiger partial charge in [-0.25, -0.2) is 13.6 Å². The van der Waals surface area contributed by atoms with Crippen molar-refractivity contribution in [2.24, 2.45) is 5.14 Å². The molecule has 0 amide bonds. The lowest BCUT2D eigenvalue weighted by Crippen LogP contribution is -2.23. The summed E-state index contributed by atoms with van der Waals surface area (Å²) in [6, 6.07) is 17.3. The van der Waals surface area contributed by atoms with Crippen molar-refractivity contribution in [2.75, 3.05) is 12.4 Å². The molecule has 0 bridgehead atoms. The maximum Gasteiger partial charge on any atom is 0.303 e. The first kappa shape index (κ1) is 30.6. The summed E-state index contributed by atoms with van der Waals surface area (Å²) in [5, 5.41) is 24.4. The number of nitrogens with two attached hydrogens (primary N) is 1. The molecule has 220 valence electrons. The van der Waals surface area contributed by atoms with Gasteiger partial charge in [-0.3, -0.25) is 4.79 Å². The van der Waals surface area contributed by atoms with Crippen LogP contribution in [0.15, 0.2) is 54.6 Å². The molecule has 0 aliphatic heterocycles. The highest BCUT2D eigenvalue weighted by atomic mass is 32.2. The van der Waals surface area contributed by atoms with Crippen LogP contribution < -0.4 is 14.6 Å². The number of aliphatic hydroxyl groups is 1. The van der Waals surface area contributed by atoms with E-state index in [1.54, 1.807) is 38.1 Å². The fourth-order valence-corrected chi connectivity index (χ4v) is 6.44. The molecule has 3 aromatic rings. The quantitative estimate of drug-likeness (QED) is 0.260. The van der Waals surface area contributed by atoms with Gasteiger partial charge in [0, 0.05) is 12.3 Å². The Kier molecular flexibility index (Phi) is 9.11. The molecular weight excluding hydrogens is 542 g/mol. The van der Waals surface area contributed by atoms with E-state index in [0.29, 0.717) is 24.3 Å². The molecule has 3 aromatic carbocycles. The van der Waals surface area contributed by atoms with Crippen molar-refractivity contribution in [1.29, 1.82) is 0 Å². The number of carboxylic acids is 1. The summed E-state index contributed by atoms with van der Waals surface area (Å²) in [7, 11) is -3.84. The Morgan fingerprint density at radius 2 is 1.73 bits per heavy atom. The summed E-state index contributed by atoms with van der Waals surface area (Å²) >= 11 is 0. The van der Waals surface area contributed by atoms with Gasteiger partial charge in [-0.1, -0.05) is 30.3 Å². The number of hydrogen-bond acceptors (Lipinski definition) is 6. The molecule has 41 heavy (non-hydrogen) atoms. The molecule has 0 aromatic heterocycles. The predicted molar refractivity (Wildman–Crippen MR) is 159 cm³/mol. The van der Waals surface area contributed by atoms with Gasteiger partial charge in [-0.15, -0.1) is 0 Å². The molecule has 1 aliphatic carbocycles. The smallest absolute Gasteiger partial charge is 0.303 e. The number of ether oxygens (including phenoxy) is 2. The second-order valence-electron chi connectivity index (χ2n) is 11.6. The van der Waals surface area contributed by atoms with Crippen LogP contribution in [0.1, 0.15) is 72.9 Å². The Morgan fingerprint density at radius 3 is 2.32 bits per heavy atom. The number of hydrogen-bond donors (Lipinski definition) is 3. The first-order valence-corrected chi connectivity index (χ1v) is 15.5. The largest absolute Gasteiger partial charge is 0.493 e. The summed E-state index contributed by atoms with van der Waals surface area (Å²) in [5.74, 6) is -0.848. The third-order valence-electron chi connectivity index (χ3n) is 7.46. The van der Waals surface area contributed by atoms with Crippen LogP contribution in [0, 0.1) is 13.8 Å². The SMILES string of the molecule is Cc1cc(OCCC(C)(C)O)cc(C)c1-c1cccc2c1CC[C@H]2Oc1ccc(C(CC(=O)O)CS(N)(=O)=O)cc1. The van der Waals surface area contributed by atoms with Gasteiger partial charge in [0.2, 0.25) is 10.0 Å². The number of carbonyl (C=O) groups is 1. The van der Waals surface area contributed by atoms with Crippen LogP contribution >= 0.6 is 0 Å². The summed E-state index contributed by atoms with van der Waals surface area (Å²) in [6.45, 7) is 8.15.